The predicted molar refractivity (Wildman–Crippen MR) is 25.2 cm³/mol. The first-order valence-electron chi connectivity index (χ1n) is 1.35. The molecule has 0 aromatic carbocycles. The lowest BCUT2D eigenvalue weighted by Crippen LogP contribution is -1.85. The quantitative estimate of drug-likeness (QED) is 0.260. The van der Waals surface area contributed by atoms with Gasteiger partial charge in [0.1, 0.15) is 0 Å². The van der Waals surface area contributed by atoms with Crippen LogP contribution in [-0.4, -0.2) is 24.7 Å². The first kappa shape index (κ1) is 4.10. The van der Waals surface area contributed by atoms with E-state index in [1.54, 1.807) is 0 Å². The Labute approximate surface area is 30.4 Å². The summed E-state index contributed by atoms with van der Waals surface area (Å²) in [4.78, 5) is 9.27. The molecule has 0 aliphatic carbocycles. The van der Waals surface area contributed by atoms with Crippen molar-refractivity contribution in [1.29, 1.82) is 0 Å². The van der Waals surface area contributed by atoms with E-state index in [-0.39, 0.29) is 9.04 Å². The Hall–Kier alpha value is 0.104. The summed E-state index contributed by atoms with van der Waals surface area (Å²) < 4.78 is 0. The Balaban J connectivity index is 2.30. The van der Waals surface area contributed by atoms with Crippen molar-refractivity contribution in [1.82, 2.24) is 0 Å². The van der Waals surface area contributed by atoms with Gasteiger partial charge in [0.15, 0.2) is 0 Å². The first-order chi connectivity index (χ1) is 1.91. The molecule has 0 spiro atoms. The Morgan fingerprint density at radius 3 is 2.25 bits per heavy atom. The van der Waals surface area contributed by atoms with E-state index in [9.17, 15) is 4.79 Å². The highest BCUT2D eigenvalue weighted by atomic mass is 29.1. The molecule has 0 bridgehead atoms. The molecule has 0 radical (unpaired) electrons. The second-order valence-corrected chi connectivity index (χ2v) is 4.17. The lowest BCUT2D eigenvalue weighted by atomic mass is 11.8. The Morgan fingerprint density at radius 2 is 2.25 bits per heavy atom. The van der Waals surface area contributed by atoms with Crippen molar-refractivity contribution in [2.75, 3.05) is 0 Å². The fourth-order valence-electron chi connectivity index (χ4n) is 0. The van der Waals surface area contributed by atoms with E-state index in [1.807, 2.05) is 0 Å². The van der Waals surface area contributed by atoms with Gasteiger partial charge >= 0.3 is 0 Å². The van der Waals surface area contributed by atoms with Gasteiger partial charge < -0.3 is 4.79 Å². The molecule has 24 valence electrons. The minimum atomic E-state index is -0.117. The summed E-state index contributed by atoms with van der Waals surface area (Å²) in [6.45, 7) is 0. The molecule has 0 aromatic heterocycles. The van der Waals surface area contributed by atoms with E-state index in [0.717, 1.165) is 15.7 Å². The van der Waals surface area contributed by atoms with Crippen LogP contribution in [0.5, 0.6) is 0 Å². The van der Waals surface area contributed by atoms with E-state index >= 15 is 0 Å². The van der Waals surface area contributed by atoms with Crippen LogP contribution in [0.1, 0.15) is 0 Å². The maximum absolute atomic E-state index is 9.27. The summed E-state index contributed by atoms with van der Waals surface area (Å²) in [5, 5.41) is 0. The van der Waals surface area contributed by atoms with Gasteiger partial charge in [-0.3, -0.25) is 0 Å². The predicted octanol–water partition coefficient (Wildman–Crippen LogP) is -2.37. The van der Waals surface area contributed by atoms with Crippen molar-refractivity contribution < 1.29 is 4.79 Å². The highest BCUT2D eigenvalue weighted by Gasteiger charge is 1.56. The summed E-state index contributed by atoms with van der Waals surface area (Å²) in [6.07, 6.45) is 0. The fraction of sp³-hybridized carbons (Fsp3) is 0. The highest BCUT2D eigenvalue weighted by molar-refractivity contribution is 7.04. The molecule has 0 saturated heterocycles. The average molecular weight is 90.2 g/mol. The lowest BCUT2D eigenvalue weighted by Gasteiger charge is -1.48. The van der Waals surface area contributed by atoms with Crippen LogP contribution >= 0.6 is 0 Å². The van der Waals surface area contributed by atoms with E-state index in [2.05, 4.69) is 0 Å². The maximum Gasteiger partial charge on any atom is 0.0883 e. The molecule has 0 aliphatic heterocycles. The number of rotatable bonds is 1. The van der Waals surface area contributed by atoms with Gasteiger partial charge in [-0.1, -0.05) is 0 Å². The zero-order valence-corrected chi connectivity index (χ0v) is 6.11. The SMILES string of the molecule is O=C[SiH2][SiH3]. The zero-order chi connectivity index (χ0) is 3.41. The second kappa shape index (κ2) is 3.10. The number of hydrogen-bond donors (Lipinski definition) is 0. The third-order valence-corrected chi connectivity index (χ3v) is 1.50. The summed E-state index contributed by atoms with van der Waals surface area (Å²) >= 11 is 0. The molecule has 0 aliphatic rings. The minimum absolute atomic E-state index is 0.117. The standard InChI is InChI=1S/CH6OSi2/c2-1-4-3/h1H,4H2,3H3. The Kier molecular flexibility index (Phi) is 3.18. The summed E-state index contributed by atoms with van der Waals surface area (Å²) in [5.41, 5.74) is 0. The Bertz CT molecular complexity index is 20.0. The molecule has 0 aromatic rings. The van der Waals surface area contributed by atoms with E-state index < -0.39 is 0 Å². The fourth-order valence-corrected chi connectivity index (χ4v) is 0. The van der Waals surface area contributed by atoms with Gasteiger partial charge in [-0.2, -0.15) is 0 Å². The first-order valence-corrected chi connectivity index (χ1v) is 7.82. The van der Waals surface area contributed by atoms with Crippen molar-refractivity contribution in [3.05, 3.63) is 0 Å². The van der Waals surface area contributed by atoms with Crippen LogP contribution in [0.2, 0.25) is 0 Å². The molecule has 1 nitrogen and oxygen atoms in total. The van der Waals surface area contributed by atoms with E-state index in [0.29, 0.717) is 0 Å². The molecule has 0 amide bonds. The molecular weight excluding hydrogens is 84.2 g/mol. The van der Waals surface area contributed by atoms with Gasteiger partial charge in [-0.05, 0) is 0 Å². The van der Waals surface area contributed by atoms with Crippen LogP contribution in [0.25, 0.3) is 0 Å². The molecule has 0 heterocycles. The third kappa shape index (κ3) is 2.10. The minimum Gasteiger partial charge on any atom is -0.310 e. The number of hydrogen-bond acceptors (Lipinski definition) is 1. The third-order valence-electron chi connectivity index (χ3n) is 0.167. The normalized spacial score (nSPS) is 10.0. The summed E-state index contributed by atoms with van der Waals surface area (Å²) in [7, 11) is 1.04. The zero-order valence-electron chi connectivity index (χ0n) is 2.69. The van der Waals surface area contributed by atoms with Crippen LogP contribution in [0, 0.1) is 0 Å². The maximum atomic E-state index is 9.27. The van der Waals surface area contributed by atoms with Gasteiger partial charge in [-0.25, -0.2) is 0 Å². The van der Waals surface area contributed by atoms with Crippen LogP contribution in [0.4, 0.5) is 0 Å². The average Bonchev–Trinajstić information content (AvgIpc) is 1.37. The molecular formula is CH6OSi2. The van der Waals surface area contributed by atoms with Gasteiger partial charge in [0.2, 0.25) is 0 Å². The lowest BCUT2D eigenvalue weighted by molar-refractivity contribution is 0.569. The number of carbonyl (C=O) groups is 1. The van der Waals surface area contributed by atoms with Gasteiger partial charge in [0, 0.05) is 9.76 Å². The molecule has 0 rings (SSSR count). The monoisotopic (exact) mass is 90.0 g/mol. The van der Waals surface area contributed by atoms with Crippen molar-refractivity contribution in [3.8, 4) is 0 Å². The smallest absolute Gasteiger partial charge is 0.0883 e. The van der Waals surface area contributed by atoms with Crippen molar-refractivity contribution >= 4 is 24.7 Å². The molecule has 4 heavy (non-hydrogen) atoms. The van der Waals surface area contributed by atoms with E-state index in [1.165, 1.54) is 0 Å². The van der Waals surface area contributed by atoms with Gasteiger partial charge in [-0.15, -0.1) is 0 Å². The topological polar surface area (TPSA) is 17.1 Å². The molecule has 0 fully saturated rings. The number of carbonyl (C=O) groups excluding carboxylic acids is 1. The van der Waals surface area contributed by atoms with Crippen LogP contribution in [-0.2, 0) is 4.79 Å². The Morgan fingerprint density at radius 1 is 2.00 bits per heavy atom. The van der Waals surface area contributed by atoms with E-state index in [4.69, 9.17) is 0 Å². The van der Waals surface area contributed by atoms with Gasteiger partial charge in [0.05, 0.1) is 14.9 Å². The van der Waals surface area contributed by atoms with Crippen LogP contribution in [0.15, 0.2) is 0 Å². The molecule has 0 saturated carbocycles. The van der Waals surface area contributed by atoms with Crippen molar-refractivity contribution in [3.63, 3.8) is 0 Å². The molecule has 3 heteroatoms. The molecule has 0 atom stereocenters. The van der Waals surface area contributed by atoms with Crippen LogP contribution in [0.3, 0.4) is 0 Å². The van der Waals surface area contributed by atoms with Crippen molar-refractivity contribution in [2.24, 2.45) is 0 Å². The summed E-state index contributed by atoms with van der Waals surface area (Å²) in [6, 6.07) is 0. The van der Waals surface area contributed by atoms with Gasteiger partial charge in [0.25, 0.3) is 0 Å². The highest BCUT2D eigenvalue weighted by Crippen LogP contribution is 1.19. The molecule has 0 unspecified atom stereocenters. The van der Waals surface area contributed by atoms with Crippen molar-refractivity contribution in [2.45, 2.75) is 0 Å². The van der Waals surface area contributed by atoms with Crippen LogP contribution < -0.4 is 0 Å². The largest absolute Gasteiger partial charge is 0.310 e. The molecule has 0 N–H and O–H groups in total. The summed E-state index contributed by atoms with van der Waals surface area (Å²) in [5.74, 6) is 1.08. The second-order valence-electron chi connectivity index (χ2n) is 0.575.